The molecule has 5 rings (SSSR count). The summed E-state index contributed by atoms with van der Waals surface area (Å²) in [4.78, 5) is 63.8. The summed E-state index contributed by atoms with van der Waals surface area (Å²) in [6.45, 7) is 11.4. The van der Waals surface area contributed by atoms with E-state index in [0.29, 0.717) is 6.42 Å². The standard InChI is InChI=1S/C39H52F3N7O10/c1-10-26-39(8)30(49(36(54)59-39)14-12-11-13-48-18-25(46-47-48)24-16-27(40)45-35(41)44-24)21(4)28(50)19(2)17-37(6,55-9)32(22(5)31(52)38(7,42)34(53)57-26)58-33-29(51)23(43)15-20(3)56-33/h16,18-23,26,29-30,32-33,51H,10,13-15,17,43H2,1-9H3/t19-,20-,21+,22+,23?,26-,29?,30-,32-,33+,37-,38+,39-/m1/s1. The van der Waals surface area contributed by atoms with E-state index in [1.165, 1.54) is 36.7 Å². The van der Waals surface area contributed by atoms with Gasteiger partial charge in [-0.15, -0.1) is 5.10 Å². The summed E-state index contributed by atoms with van der Waals surface area (Å²) in [5, 5.41) is 18.7. The minimum atomic E-state index is -3.26. The number of carbonyl (C=O) groups excluding carboxylic acids is 4. The Hall–Kier alpha value is -4.55. The zero-order valence-electron chi connectivity index (χ0n) is 34.5. The number of methoxy groups -OCH3 is 1. The molecule has 2 aromatic rings. The number of halogens is 3. The van der Waals surface area contributed by atoms with Crippen molar-refractivity contribution in [3.63, 3.8) is 0 Å². The Morgan fingerprint density at radius 1 is 1.03 bits per heavy atom. The van der Waals surface area contributed by atoms with Crippen LogP contribution in [0.1, 0.15) is 74.7 Å². The quantitative estimate of drug-likeness (QED) is 0.135. The smallest absolute Gasteiger partial charge is 0.411 e. The molecule has 324 valence electrons. The third-order valence-electron chi connectivity index (χ3n) is 11.7. The zero-order chi connectivity index (χ0) is 43.8. The fourth-order valence-electron chi connectivity index (χ4n) is 8.48. The molecule has 3 saturated heterocycles. The highest BCUT2D eigenvalue weighted by Gasteiger charge is 2.61. The van der Waals surface area contributed by atoms with Gasteiger partial charge in [0.15, 0.2) is 17.7 Å². The number of ketones is 2. The van der Waals surface area contributed by atoms with Gasteiger partial charge in [-0.25, -0.2) is 23.6 Å². The molecule has 0 aromatic carbocycles. The minimum absolute atomic E-state index is 0.0145. The Bertz CT molecular complexity index is 1960. The summed E-state index contributed by atoms with van der Waals surface area (Å²) in [7, 11) is 1.33. The lowest BCUT2D eigenvalue weighted by atomic mass is 9.73. The second kappa shape index (κ2) is 17.6. The Labute approximate surface area is 339 Å². The van der Waals surface area contributed by atoms with Crippen LogP contribution in [0, 0.1) is 41.6 Å². The predicted octanol–water partition coefficient (Wildman–Crippen LogP) is 2.71. The van der Waals surface area contributed by atoms with Crippen LogP contribution >= 0.6 is 0 Å². The molecule has 3 N–H and O–H groups in total. The van der Waals surface area contributed by atoms with Crippen molar-refractivity contribution in [2.24, 2.45) is 23.5 Å². The molecule has 59 heavy (non-hydrogen) atoms. The molecule has 0 spiro atoms. The third kappa shape index (κ3) is 9.14. The first-order valence-electron chi connectivity index (χ1n) is 19.4. The third-order valence-corrected chi connectivity index (χ3v) is 11.7. The lowest BCUT2D eigenvalue weighted by Gasteiger charge is -2.46. The first kappa shape index (κ1) is 45.5. The molecular formula is C39H52F3N7O10. The van der Waals surface area contributed by atoms with E-state index in [1.807, 2.05) is 0 Å². The van der Waals surface area contributed by atoms with Crippen molar-refractivity contribution in [2.45, 2.75) is 141 Å². The van der Waals surface area contributed by atoms with Gasteiger partial charge in [-0.2, -0.15) is 13.8 Å². The van der Waals surface area contributed by atoms with Gasteiger partial charge < -0.3 is 34.5 Å². The fourth-order valence-corrected chi connectivity index (χ4v) is 8.48. The van der Waals surface area contributed by atoms with Crippen LogP contribution in [0.4, 0.5) is 18.0 Å². The summed E-state index contributed by atoms with van der Waals surface area (Å²) < 4.78 is 75.0. The van der Waals surface area contributed by atoms with Crippen LogP contribution in [-0.4, -0.2) is 132 Å². The Morgan fingerprint density at radius 2 is 1.71 bits per heavy atom. The number of esters is 1. The monoisotopic (exact) mass is 835 g/mol. The summed E-state index contributed by atoms with van der Waals surface area (Å²) in [6.07, 6.45) is -6.52. The minimum Gasteiger partial charge on any atom is -0.455 e. The highest BCUT2D eigenvalue weighted by molar-refractivity contribution is 6.08. The van der Waals surface area contributed by atoms with Crippen molar-refractivity contribution in [2.75, 3.05) is 13.7 Å². The maximum Gasteiger partial charge on any atom is 0.411 e. The largest absolute Gasteiger partial charge is 0.455 e. The Morgan fingerprint density at radius 3 is 2.36 bits per heavy atom. The molecule has 0 saturated carbocycles. The fraction of sp³-hybridized carbons (Fsp3) is 0.692. The molecule has 0 radical (unpaired) electrons. The summed E-state index contributed by atoms with van der Waals surface area (Å²) >= 11 is 0. The molecular weight excluding hydrogens is 783 g/mol. The van der Waals surface area contributed by atoms with E-state index < -0.39 is 107 Å². The molecule has 3 fully saturated rings. The number of aliphatic hydroxyl groups is 1. The van der Waals surface area contributed by atoms with E-state index >= 15 is 4.39 Å². The Balaban J connectivity index is 1.49. The zero-order valence-corrected chi connectivity index (χ0v) is 34.5. The van der Waals surface area contributed by atoms with E-state index in [9.17, 15) is 33.1 Å². The molecule has 13 atom stereocenters. The second-order valence-electron chi connectivity index (χ2n) is 16.2. The number of rotatable bonds is 7. The number of aliphatic hydroxyl groups excluding tert-OH is 1. The summed E-state index contributed by atoms with van der Waals surface area (Å²) in [5.41, 5.74) is -0.471. The van der Waals surface area contributed by atoms with E-state index in [0.717, 1.165) is 13.0 Å². The highest BCUT2D eigenvalue weighted by atomic mass is 19.1. The number of hydrogen-bond donors (Lipinski definition) is 2. The molecule has 2 unspecified atom stereocenters. The number of fused-ring (bicyclic) bond motifs is 1. The van der Waals surface area contributed by atoms with Crippen molar-refractivity contribution in [3.05, 3.63) is 24.3 Å². The van der Waals surface area contributed by atoms with Crippen molar-refractivity contribution in [1.29, 1.82) is 0 Å². The van der Waals surface area contributed by atoms with Crippen molar-refractivity contribution < 1.29 is 61.1 Å². The number of ether oxygens (including phenoxy) is 5. The predicted molar refractivity (Wildman–Crippen MR) is 199 cm³/mol. The van der Waals surface area contributed by atoms with Crippen LogP contribution in [0.25, 0.3) is 11.4 Å². The van der Waals surface area contributed by atoms with Gasteiger partial charge in [-0.1, -0.05) is 44.7 Å². The SMILES string of the molecule is CC[C@H]1OC(=O)[C@@](C)(F)C(=O)[C@H](C)[C@@H](O[C@@H]2O[C@H](C)CC(N)C2O)[C@](C)(OC)C[C@@H](C)C(=O)[C@H](C)[C@H]2N(CC#CCn3cc(-c4cc(F)nc(F)n4)nn3)C(=O)O[C@]12C. The number of amides is 1. The van der Waals surface area contributed by atoms with Crippen LogP contribution < -0.4 is 5.73 Å². The van der Waals surface area contributed by atoms with Gasteiger partial charge in [0.1, 0.15) is 35.9 Å². The number of hydrogen-bond acceptors (Lipinski definition) is 15. The van der Waals surface area contributed by atoms with Crippen LogP contribution in [-0.2, 0) is 44.6 Å². The topological polar surface area (TPSA) is 220 Å². The molecule has 2 aromatic heterocycles. The first-order valence-corrected chi connectivity index (χ1v) is 19.4. The molecule has 17 nitrogen and oxygen atoms in total. The van der Waals surface area contributed by atoms with Crippen molar-refractivity contribution in [1.82, 2.24) is 29.9 Å². The summed E-state index contributed by atoms with van der Waals surface area (Å²) in [5.74, 6) is -1.83. The number of nitrogens with zero attached hydrogens (tertiary/aromatic N) is 6. The number of nitrogens with two attached hydrogens (primary N) is 1. The number of alkyl halides is 1. The van der Waals surface area contributed by atoms with E-state index in [2.05, 4.69) is 32.1 Å². The second-order valence-corrected chi connectivity index (χ2v) is 16.2. The van der Waals surface area contributed by atoms with Crippen molar-refractivity contribution >= 4 is 23.6 Å². The molecule has 0 aliphatic carbocycles. The lowest BCUT2D eigenvalue weighted by molar-refractivity contribution is -0.288. The number of cyclic esters (lactones) is 1. The normalized spacial score (nSPS) is 37.2. The van der Waals surface area contributed by atoms with E-state index in [4.69, 9.17) is 29.4 Å². The molecule has 3 aliphatic heterocycles. The highest BCUT2D eigenvalue weighted by Crippen LogP contribution is 2.43. The number of carbonyl (C=O) groups is 4. The number of Topliss-reactive ketones (excluding diaryl/α,β-unsaturated/α-hetero) is 2. The average molecular weight is 836 g/mol. The maximum atomic E-state index is 16.7. The van der Waals surface area contributed by atoms with Gasteiger partial charge in [0.05, 0.1) is 36.6 Å². The summed E-state index contributed by atoms with van der Waals surface area (Å²) in [6, 6.07) is -0.993. The lowest BCUT2D eigenvalue weighted by Crippen LogP contribution is -2.61. The molecule has 0 bridgehead atoms. The van der Waals surface area contributed by atoms with Crippen LogP contribution in [0.5, 0.6) is 0 Å². The number of aromatic nitrogens is 5. The molecule has 3 aliphatic rings. The van der Waals surface area contributed by atoms with Gasteiger partial charge >= 0.3 is 18.1 Å². The van der Waals surface area contributed by atoms with Gasteiger partial charge in [-0.05, 0) is 47.0 Å². The van der Waals surface area contributed by atoms with E-state index in [-0.39, 0.29) is 43.1 Å². The van der Waals surface area contributed by atoms with Gasteiger partial charge in [0.2, 0.25) is 5.95 Å². The molecule has 1 amide bonds. The van der Waals surface area contributed by atoms with Crippen LogP contribution in [0.15, 0.2) is 12.3 Å². The average Bonchev–Trinajstić information content (AvgIpc) is 3.75. The maximum absolute atomic E-state index is 16.7. The Kier molecular flexibility index (Phi) is 13.6. The van der Waals surface area contributed by atoms with Crippen LogP contribution in [0.3, 0.4) is 0 Å². The van der Waals surface area contributed by atoms with E-state index in [1.54, 1.807) is 34.6 Å². The van der Waals surface area contributed by atoms with Gasteiger partial charge in [0.25, 0.3) is 5.67 Å². The van der Waals surface area contributed by atoms with Gasteiger partial charge in [-0.3, -0.25) is 14.5 Å². The van der Waals surface area contributed by atoms with Gasteiger partial charge in [0, 0.05) is 37.0 Å². The van der Waals surface area contributed by atoms with Crippen molar-refractivity contribution in [3.8, 4) is 23.2 Å². The van der Waals surface area contributed by atoms with Crippen LogP contribution in [0.2, 0.25) is 0 Å². The molecule has 5 heterocycles. The molecule has 20 heteroatoms. The first-order chi connectivity index (χ1) is 27.6.